The van der Waals surface area contributed by atoms with Gasteiger partial charge in [-0.3, -0.25) is 14.3 Å². The third-order valence-electron chi connectivity index (χ3n) is 4.49. The van der Waals surface area contributed by atoms with Crippen LogP contribution in [-0.4, -0.2) is 25.7 Å². The molecule has 1 aliphatic rings. The zero-order chi connectivity index (χ0) is 18.1. The zero-order valence-electron chi connectivity index (χ0n) is 14.3. The number of carbonyl (C=O) groups excluding carboxylic acids is 1. The summed E-state index contributed by atoms with van der Waals surface area (Å²) in [4.78, 5) is 31.2. The number of nitrogens with zero attached hydrogens (tertiary/aromatic N) is 3. The third-order valence-corrected chi connectivity index (χ3v) is 4.49. The van der Waals surface area contributed by atoms with E-state index >= 15 is 0 Å². The van der Waals surface area contributed by atoms with Crippen molar-refractivity contribution in [3.05, 3.63) is 76.2 Å². The summed E-state index contributed by atoms with van der Waals surface area (Å²) in [7, 11) is 0. The average Bonchev–Trinajstić information content (AvgIpc) is 3.41. The van der Waals surface area contributed by atoms with Crippen LogP contribution in [0.5, 0.6) is 0 Å². The first-order valence-electron chi connectivity index (χ1n) is 8.62. The molecule has 1 aliphatic carbocycles. The topological polar surface area (TPSA) is 92.7 Å². The van der Waals surface area contributed by atoms with Crippen LogP contribution in [0.1, 0.15) is 53.6 Å². The number of amides is 1. The summed E-state index contributed by atoms with van der Waals surface area (Å²) >= 11 is 0. The van der Waals surface area contributed by atoms with Gasteiger partial charge in [0.1, 0.15) is 11.5 Å². The summed E-state index contributed by atoms with van der Waals surface area (Å²) in [6.45, 7) is 2.04. The number of aromatic nitrogens is 4. The molecule has 0 saturated heterocycles. The van der Waals surface area contributed by atoms with Gasteiger partial charge in [-0.25, -0.2) is 4.98 Å². The molecule has 1 amide bonds. The van der Waals surface area contributed by atoms with Crippen molar-refractivity contribution in [2.45, 2.75) is 31.7 Å². The number of anilines is 1. The summed E-state index contributed by atoms with van der Waals surface area (Å²) in [5.74, 6) is 0.450. The molecular weight excluding hydrogens is 330 g/mol. The number of nitrogens with one attached hydrogen (secondary N) is 2. The minimum absolute atomic E-state index is 0.0426. The van der Waals surface area contributed by atoms with Crippen molar-refractivity contribution in [2.75, 3.05) is 5.32 Å². The lowest BCUT2D eigenvalue weighted by atomic mass is 10.1. The van der Waals surface area contributed by atoms with Crippen molar-refractivity contribution in [3.8, 4) is 0 Å². The van der Waals surface area contributed by atoms with Crippen LogP contribution in [0.4, 0.5) is 5.69 Å². The molecule has 7 nitrogen and oxygen atoms in total. The Morgan fingerprint density at radius 2 is 2.08 bits per heavy atom. The smallest absolute Gasteiger partial charge is 0.274 e. The number of hydrogen-bond donors (Lipinski definition) is 2. The second-order valence-electron chi connectivity index (χ2n) is 6.54. The Labute approximate surface area is 150 Å². The van der Waals surface area contributed by atoms with E-state index in [2.05, 4.69) is 20.4 Å². The van der Waals surface area contributed by atoms with Gasteiger partial charge in [0.05, 0.1) is 17.9 Å². The Kier molecular flexibility index (Phi) is 4.12. The maximum absolute atomic E-state index is 12.4. The summed E-state index contributed by atoms with van der Waals surface area (Å²) in [5.41, 5.74) is 1.51. The van der Waals surface area contributed by atoms with E-state index < -0.39 is 5.91 Å². The molecule has 1 unspecified atom stereocenters. The van der Waals surface area contributed by atoms with Gasteiger partial charge >= 0.3 is 0 Å². The molecule has 2 heterocycles. The van der Waals surface area contributed by atoms with E-state index in [9.17, 15) is 9.59 Å². The minimum atomic E-state index is -0.412. The molecule has 0 spiro atoms. The molecule has 1 aromatic carbocycles. The Morgan fingerprint density at radius 1 is 1.31 bits per heavy atom. The van der Waals surface area contributed by atoms with Gasteiger partial charge in [-0.15, -0.1) is 0 Å². The molecule has 132 valence electrons. The van der Waals surface area contributed by atoms with E-state index in [1.165, 1.54) is 6.07 Å². The first kappa shape index (κ1) is 16.3. The highest BCUT2D eigenvalue weighted by atomic mass is 16.2. The molecule has 0 radical (unpaired) electrons. The highest BCUT2D eigenvalue weighted by Crippen LogP contribution is 2.37. The molecule has 1 fully saturated rings. The molecule has 0 aliphatic heterocycles. The molecule has 2 N–H and O–H groups in total. The van der Waals surface area contributed by atoms with E-state index in [0.29, 0.717) is 11.5 Å². The van der Waals surface area contributed by atoms with Crippen molar-refractivity contribution in [1.82, 2.24) is 19.7 Å². The van der Waals surface area contributed by atoms with Crippen molar-refractivity contribution in [3.63, 3.8) is 0 Å². The molecule has 1 atom stereocenters. The third kappa shape index (κ3) is 3.42. The highest BCUT2D eigenvalue weighted by molar-refractivity contribution is 6.02. The highest BCUT2D eigenvalue weighted by Gasteiger charge is 2.27. The van der Waals surface area contributed by atoms with Gasteiger partial charge in [0.15, 0.2) is 0 Å². The van der Waals surface area contributed by atoms with Gasteiger partial charge in [-0.05, 0) is 25.3 Å². The SMILES string of the molecule is CC(c1ccccc1)n1cc(NC(=O)c2cc(=O)[nH]c(C3CC3)n2)cn1. The van der Waals surface area contributed by atoms with E-state index in [1.54, 1.807) is 17.1 Å². The van der Waals surface area contributed by atoms with E-state index in [4.69, 9.17) is 0 Å². The predicted octanol–water partition coefficient (Wildman–Crippen LogP) is 2.71. The Balaban J connectivity index is 1.50. The molecule has 7 heteroatoms. The van der Waals surface area contributed by atoms with Crippen LogP contribution >= 0.6 is 0 Å². The first-order chi connectivity index (χ1) is 12.6. The molecule has 3 aromatic rings. The van der Waals surface area contributed by atoms with Crippen LogP contribution in [0.3, 0.4) is 0 Å². The van der Waals surface area contributed by atoms with Crippen molar-refractivity contribution in [1.29, 1.82) is 0 Å². The maximum atomic E-state index is 12.4. The zero-order valence-corrected chi connectivity index (χ0v) is 14.3. The van der Waals surface area contributed by atoms with Gasteiger partial charge in [-0.1, -0.05) is 30.3 Å². The Bertz CT molecular complexity index is 988. The van der Waals surface area contributed by atoms with Crippen LogP contribution in [-0.2, 0) is 0 Å². The number of rotatable bonds is 5. The molecule has 0 bridgehead atoms. The van der Waals surface area contributed by atoms with Crippen molar-refractivity contribution >= 4 is 11.6 Å². The number of H-pyrrole nitrogens is 1. The van der Waals surface area contributed by atoms with Gasteiger partial charge in [0, 0.05) is 18.2 Å². The largest absolute Gasteiger partial charge is 0.318 e. The molecule has 26 heavy (non-hydrogen) atoms. The number of aromatic amines is 1. The Morgan fingerprint density at radius 3 is 2.81 bits per heavy atom. The second kappa shape index (κ2) is 6.59. The predicted molar refractivity (Wildman–Crippen MR) is 97.3 cm³/mol. The fourth-order valence-electron chi connectivity index (χ4n) is 2.84. The molecular formula is C19H19N5O2. The monoisotopic (exact) mass is 349 g/mol. The van der Waals surface area contributed by atoms with Crippen LogP contribution in [0, 0.1) is 0 Å². The Hall–Kier alpha value is -3.22. The number of carbonyl (C=O) groups is 1. The van der Waals surface area contributed by atoms with Crippen LogP contribution in [0.2, 0.25) is 0 Å². The van der Waals surface area contributed by atoms with Gasteiger partial charge < -0.3 is 10.3 Å². The fraction of sp³-hybridized carbons (Fsp3) is 0.263. The van der Waals surface area contributed by atoms with E-state index in [0.717, 1.165) is 18.4 Å². The lowest BCUT2D eigenvalue weighted by Crippen LogP contribution is -2.20. The summed E-state index contributed by atoms with van der Waals surface area (Å²) < 4.78 is 1.78. The number of hydrogen-bond acceptors (Lipinski definition) is 4. The van der Waals surface area contributed by atoms with Crippen LogP contribution in [0.25, 0.3) is 0 Å². The van der Waals surface area contributed by atoms with E-state index in [1.807, 2.05) is 37.3 Å². The minimum Gasteiger partial charge on any atom is -0.318 e. The molecule has 1 saturated carbocycles. The van der Waals surface area contributed by atoms with Crippen molar-refractivity contribution < 1.29 is 4.79 Å². The lowest BCUT2D eigenvalue weighted by Gasteiger charge is -2.12. The van der Waals surface area contributed by atoms with Crippen LogP contribution < -0.4 is 10.9 Å². The van der Waals surface area contributed by atoms with E-state index in [-0.39, 0.29) is 23.2 Å². The standard InChI is InChI=1S/C19H19N5O2/c1-12(13-5-3-2-4-6-13)24-11-15(10-20-24)21-19(26)16-9-17(25)23-18(22-16)14-7-8-14/h2-6,9-12,14H,7-8H2,1H3,(H,21,26)(H,22,23,25). The summed E-state index contributed by atoms with van der Waals surface area (Å²) in [6.07, 6.45) is 5.35. The second-order valence-corrected chi connectivity index (χ2v) is 6.54. The average molecular weight is 349 g/mol. The van der Waals surface area contributed by atoms with Gasteiger partial charge in [0.2, 0.25) is 0 Å². The summed E-state index contributed by atoms with van der Waals surface area (Å²) in [5, 5.41) is 7.09. The maximum Gasteiger partial charge on any atom is 0.274 e. The normalized spacial score (nSPS) is 14.8. The van der Waals surface area contributed by atoms with Gasteiger partial charge in [-0.2, -0.15) is 5.10 Å². The van der Waals surface area contributed by atoms with Crippen LogP contribution in [0.15, 0.2) is 53.6 Å². The lowest BCUT2D eigenvalue weighted by molar-refractivity contribution is 0.102. The molecule has 2 aromatic heterocycles. The summed E-state index contributed by atoms with van der Waals surface area (Å²) in [6, 6.07) is 11.3. The quantitative estimate of drug-likeness (QED) is 0.741. The molecule has 4 rings (SSSR count). The first-order valence-corrected chi connectivity index (χ1v) is 8.62. The van der Waals surface area contributed by atoms with Crippen molar-refractivity contribution in [2.24, 2.45) is 0 Å². The number of benzene rings is 1. The van der Waals surface area contributed by atoms with Gasteiger partial charge in [0.25, 0.3) is 11.5 Å². The fourth-order valence-corrected chi connectivity index (χ4v) is 2.84.